The molecule has 0 radical (unpaired) electrons. The molecule has 0 aliphatic rings. The zero-order valence-corrected chi connectivity index (χ0v) is 17.5. The van der Waals surface area contributed by atoms with Crippen LogP contribution in [-0.4, -0.2) is 35.1 Å². The Bertz CT molecular complexity index is 993. The van der Waals surface area contributed by atoms with Crippen molar-refractivity contribution < 1.29 is 19.0 Å². The number of halogens is 2. The van der Waals surface area contributed by atoms with E-state index in [1.165, 1.54) is 0 Å². The molecule has 0 fully saturated rings. The highest BCUT2D eigenvalue weighted by Gasteiger charge is 2.20. The van der Waals surface area contributed by atoms with Gasteiger partial charge in [-0.25, -0.2) is 4.79 Å². The first-order valence-corrected chi connectivity index (χ1v) is 9.53. The Balaban J connectivity index is 1.89. The zero-order chi connectivity index (χ0) is 20.1. The quantitative estimate of drug-likeness (QED) is 0.510. The van der Waals surface area contributed by atoms with Crippen LogP contribution in [0.15, 0.2) is 40.9 Å². The second-order valence-corrected chi connectivity index (χ2v) is 6.95. The fourth-order valence-corrected chi connectivity index (χ4v) is 3.29. The summed E-state index contributed by atoms with van der Waals surface area (Å²) in [5, 5.41) is 10.9. The largest absolute Gasteiger partial charge is 0.496 e. The molecule has 0 spiro atoms. The van der Waals surface area contributed by atoms with Gasteiger partial charge in [-0.1, -0.05) is 27.5 Å². The molecule has 1 N–H and O–H groups in total. The van der Waals surface area contributed by atoms with Gasteiger partial charge in [0.15, 0.2) is 5.69 Å². The number of carbonyl (C=O) groups is 1. The number of H-pyrrole nitrogens is 1. The Morgan fingerprint density at radius 2 is 1.96 bits per heavy atom. The molecule has 9 heteroatoms. The van der Waals surface area contributed by atoms with Crippen LogP contribution >= 0.6 is 27.5 Å². The third-order valence-electron chi connectivity index (χ3n) is 3.85. The third-order valence-corrected chi connectivity index (χ3v) is 4.64. The topological polar surface area (TPSA) is 86.3 Å². The number of ether oxygens (including phenoxy) is 3. The highest BCUT2D eigenvalue weighted by molar-refractivity contribution is 9.10. The average molecular weight is 467 g/mol. The van der Waals surface area contributed by atoms with Crippen LogP contribution in [0.1, 0.15) is 23.0 Å². The molecule has 3 aromatic rings. The van der Waals surface area contributed by atoms with Crippen molar-refractivity contribution in [3.63, 3.8) is 0 Å². The first kappa shape index (κ1) is 20.2. The van der Waals surface area contributed by atoms with Crippen molar-refractivity contribution in [2.75, 3.05) is 13.7 Å². The van der Waals surface area contributed by atoms with Gasteiger partial charge in [-0.15, -0.1) is 5.10 Å². The lowest BCUT2D eigenvalue weighted by atomic mass is 10.1. The minimum Gasteiger partial charge on any atom is -0.496 e. The third kappa shape index (κ3) is 4.45. The van der Waals surface area contributed by atoms with Gasteiger partial charge in [0.1, 0.15) is 23.8 Å². The van der Waals surface area contributed by atoms with E-state index < -0.39 is 5.97 Å². The van der Waals surface area contributed by atoms with E-state index in [2.05, 4.69) is 31.3 Å². The van der Waals surface area contributed by atoms with E-state index in [4.69, 9.17) is 25.8 Å². The Morgan fingerprint density at radius 3 is 2.68 bits per heavy atom. The zero-order valence-electron chi connectivity index (χ0n) is 15.2. The molecular formula is C19H17BrClN3O4. The van der Waals surface area contributed by atoms with Gasteiger partial charge >= 0.3 is 5.97 Å². The molecule has 2 aromatic carbocycles. The fourth-order valence-electron chi connectivity index (χ4n) is 2.56. The number of esters is 1. The van der Waals surface area contributed by atoms with Crippen LogP contribution in [0.4, 0.5) is 0 Å². The summed E-state index contributed by atoms with van der Waals surface area (Å²) in [5.41, 5.74) is 1.95. The van der Waals surface area contributed by atoms with Gasteiger partial charge in [0.2, 0.25) is 0 Å². The Kier molecular flexibility index (Phi) is 6.53. The van der Waals surface area contributed by atoms with Crippen molar-refractivity contribution in [3.8, 4) is 22.8 Å². The molecule has 0 amide bonds. The highest BCUT2D eigenvalue weighted by atomic mass is 79.9. The summed E-state index contributed by atoms with van der Waals surface area (Å²) in [6, 6.07) is 10.8. The summed E-state index contributed by atoms with van der Waals surface area (Å²) in [6.07, 6.45) is 0. The number of nitrogens with zero attached hydrogens (tertiary/aromatic N) is 2. The molecule has 0 bridgehead atoms. The van der Waals surface area contributed by atoms with Crippen LogP contribution in [0, 0.1) is 0 Å². The second-order valence-electron chi connectivity index (χ2n) is 5.63. The van der Waals surface area contributed by atoms with Crippen molar-refractivity contribution in [2.24, 2.45) is 0 Å². The van der Waals surface area contributed by atoms with Crippen LogP contribution < -0.4 is 9.47 Å². The number of rotatable bonds is 7. The van der Waals surface area contributed by atoms with Crippen molar-refractivity contribution in [1.82, 2.24) is 15.4 Å². The van der Waals surface area contributed by atoms with Crippen LogP contribution in [0.5, 0.6) is 11.5 Å². The van der Waals surface area contributed by atoms with Gasteiger partial charge in [0, 0.05) is 15.6 Å². The van der Waals surface area contributed by atoms with Crippen LogP contribution in [0.25, 0.3) is 11.3 Å². The molecule has 0 aliphatic heterocycles. The molecule has 0 saturated carbocycles. The number of benzene rings is 2. The van der Waals surface area contributed by atoms with E-state index in [0.29, 0.717) is 27.8 Å². The molecule has 0 unspecified atom stereocenters. The summed E-state index contributed by atoms with van der Waals surface area (Å²) in [4.78, 5) is 12.1. The van der Waals surface area contributed by atoms with Crippen LogP contribution in [0.3, 0.4) is 0 Å². The average Bonchev–Trinajstić information content (AvgIpc) is 3.17. The van der Waals surface area contributed by atoms with E-state index in [9.17, 15) is 4.79 Å². The summed E-state index contributed by atoms with van der Waals surface area (Å²) < 4.78 is 17.1. The normalized spacial score (nSPS) is 10.6. The Hall–Kier alpha value is -2.58. The van der Waals surface area contributed by atoms with Gasteiger partial charge in [-0.3, -0.25) is 0 Å². The van der Waals surface area contributed by atoms with Crippen molar-refractivity contribution in [3.05, 3.63) is 57.2 Å². The summed E-state index contributed by atoms with van der Waals surface area (Å²) in [7, 11) is 1.57. The maximum Gasteiger partial charge on any atom is 0.361 e. The first-order chi connectivity index (χ1) is 13.5. The Morgan fingerprint density at radius 1 is 1.18 bits per heavy atom. The molecule has 28 heavy (non-hydrogen) atoms. The van der Waals surface area contributed by atoms with Gasteiger partial charge in [0.25, 0.3) is 0 Å². The number of aromatic amines is 1. The van der Waals surface area contributed by atoms with Gasteiger partial charge < -0.3 is 14.2 Å². The minimum absolute atomic E-state index is 0.120. The van der Waals surface area contributed by atoms with Crippen LogP contribution in [0.2, 0.25) is 5.02 Å². The standard InChI is InChI=1S/C19H17BrClN3O4/c1-3-27-19(25)18-17(22-24-23-18)11-4-6-15(26-2)12(8-11)10-28-16-7-5-13(20)9-14(16)21/h4-9H,3,10H2,1-2H3,(H,22,23,24). The number of methoxy groups -OCH3 is 1. The van der Waals surface area contributed by atoms with E-state index >= 15 is 0 Å². The molecule has 7 nitrogen and oxygen atoms in total. The van der Waals surface area contributed by atoms with E-state index in [-0.39, 0.29) is 18.9 Å². The SMILES string of the molecule is CCOC(=O)c1n[nH]nc1-c1ccc(OC)c(COc2ccc(Br)cc2Cl)c1. The Labute approximate surface area is 175 Å². The molecular weight excluding hydrogens is 450 g/mol. The molecule has 0 atom stereocenters. The molecule has 0 aliphatic carbocycles. The van der Waals surface area contributed by atoms with Gasteiger partial charge in [-0.05, 0) is 43.3 Å². The van der Waals surface area contributed by atoms with Crippen molar-refractivity contribution >= 4 is 33.5 Å². The number of nitrogens with one attached hydrogen (secondary N) is 1. The lowest BCUT2D eigenvalue weighted by molar-refractivity contribution is 0.0520. The number of hydrogen-bond donors (Lipinski definition) is 1. The monoisotopic (exact) mass is 465 g/mol. The lowest BCUT2D eigenvalue weighted by Crippen LogP contribution is -2.07. The number of hydrogen-bond acceptors (Lipinski definition) is 6. The second kappa shape index (κ2) is 9.07. The maximum absolute atomic E-state index is 12.1. The highest BCUT2D eigenvalue weighted by Crippen LogP contribution is 2.31. The molecule has 3 rings (SSSR count). The predicted molar refractivity (Wildman–Crippen MR) is 108 cm³/mol. The van der Waals surface area contributed by atoms with E-state index in [0.717, 1.165) is 10.0 Å². The molecule has 0 saturated heterocycles. The first-order valence-electron chi connectivity index (χ1n) is 8.36. The van der Waals surface area contributed by atoms with Crippen molar-refractivity contribution in [2.45, 2.75) is 13.5 Å². The van der Waals surface area contributed by atoms with Crippen LogP contribution in [-0.2, 0) is 11.3 Å². The smallest absolute Gasteiger partial charge is 0.361 e. The number of aromatic nitrogens is 3. The maximum atomic E-state index is 12.1. The minimum atomic E-state index is -0.540. The van der Waals surface area contributed by atoms with Gasteiger partial charge in [0.05, 0.1) is 18.7 Å². The summed E-state index contributed by atoms with van der Waals surface area (Å²) >= 11 is 9.57. The molecule has 1 aromatic heterocycles. The lowest BCUT2D eigenvalue weighted by Gasteiger charge is -2.13. The van der Waals surface area contributed by atoms with E-state index in [1.807, 2.05) is 12.1 Å². The van der Waals surface area contributed by atoms with Crippen molar-refractivity contribution in [1.29, 1.82) is 0 Å². The van der Waals surface area contributed by atoms with Gasteiger partial charge in [-0.2, -0.15) is 10.3 Å². The van der Waals surface area contributed by atoms with E-state index in [1.54, 1.807) is 38.3 Å². The predicted octanol–water partition coefficient (Wildman–Crippen LogP) is 4.65. The fraction of sp³-hybridized carbons (Fsp3) is 0.211. The molecule has 146 valence electrons. The summed E-state index contributed by atoms with van der Waals surface area (Å²) in [5.74, 6) is 0.644. The number of carbonyl (C=O) groups excluding carboxylic acids is 1. The summed E-state index contributed by atoms with van der Waals surface area (Å²) in [6.45, 7) is 2.19. The molecule has 1 heterocycles.